The van der Waals surface area contributed by atoms with Gasteiger partial charge in [0.1, 0.15) is 23.4 Å². The van der Waals surface area contributed by atoms with Crippen LogP contribution in [0.4, 0.5) is 10.5 Å². The summed E-state index contributed by atoms with van der Waals surface area (Å²) in [4.78, 5) is 41.9. The van der Waals surface area contributed by atoms with E-state index in [1.165, 1.54) is 0 Å². The summed E-state index contributed by atoms with van der Waals surface area (Å²) in [5, 5.41) is 5.69. The van der Waals surface area contributed by atoms with Gasteiger partial charge in [0, 0.05) is 11.7 Å². The molecule has 0 radical (unpaired) electrons. The van der Waals surface area contributed by atoms with E-state index >= 15 is 0 Å². The van der Waals surface area contributed by atoms with E-state index in [2.05, 4.69) is 10.6 Å². The van der Waals surface area contributed by atoms with Crippen molar-refractivity contribution in [3.63, 3.8) is 0 Å². The van der Waals surface area contributed by atoms with E-state index < -0.39 is 23.8 Å². The topological polar surface area (TPSA) is 97.0 Å². The van der Waals surface area contributed by atoms with Crippen molar-refractivity contribution in [1.29, 1.82) is 0 Å². The minimum atomic E-state index is -0.866. The van der Waals surface area contributed by atoms with Gasteiger partial charge >= 0.3 is 6.09 Å². The minimum absolute atomic E-state index is 0.0917. The van der Waals surface area contributed by atoms with Gasteiger partial charge in [0.05, 0.1) is 7.11 Å². The van der Waals surface area contributed by atoms with E-state index in [-0.39, 0.29) is 23.8 Å². The SMILES string of the molecule is COc1ccc(NC(=O)C(c2ccccc2)N(C(=O)C(NC(=O)OC(C)(C)C)C(C)C)C2CC2)cc1. The van der Waals surface area contributed by atoms with Gasteiger partial charge in [0.2, 0.25) is 5.91 Å². The fourth-order valence-corrected chi connectivity index (χ4v) is 3.94. The van der Waals surface area contributed by atoms with Crippen LogP contribution in [0.3, 0.4) is 0 Å². The molecule has 3 rings (SSSR count). The van der Waals surface area contributed by atoms with Crippen LogP contribution in [0.15, 0.2) is 54.6 Å². The van der Waals surface area contributed by atoms with E-state index in [0.717, 1.165) is 12.8 Å². The summed E-state index contributed by atoms with van der Waals surface area (Å²) in [7, 11) is 1.58. The summed E-state index contributed by atoms with van der Waals surface area (Å²) in [6.45, 7) is 9.03. The molecule has 194 valence electrons. The average molecular weight is 496 g/mol. The van der Waals surface area contributed by atoms with E-state index in [1.54, 1.807) is 57.0 Å². The molecular formula is C28H37N3O5. The Morgan fingerprint density at radius 1 is 0.972 bits per heavy atom. The maximum atomic E-state index is 14.0. The van der Waals surface area contributed by atoms with E-state index in [1.807, 2.05) is 44.2 Å². The first-order chi connectivity index (χ1) is 17.0. The maximum absolute atomic E-state index is 14.0. The lowest BCUT2D eigenvalue weighted by atomic mass is 9.98. The third-order valence-electron chi connectivity index (χ3n) is 5.80. The molecule has 0 aromatic heterocycles. The van der Waals surface area contributed by atoms with Gasteiger partial charge in [-0.1, -0.05) is 44.2 Å². The third kappa shape index (κ3) is 7.23. The maximum Gasteiger partial charge on any atom is 0.408 e. The molecule has 0 saturated heterocycles. The van der Waals surface area contributed by atoms with Gasteiger partial charge < -0.3 is 25.0 Å². The number of hydrogen-bond acceptors (Lipinski definition) is 5. The molecule has 2 aromatic carbocycles. The predicted molar refractivity (Wildman–Crippen MR) is 139 cm³/mol. The quantitative estimate of drug-likeness (QED) is 0.515. The number of amides is 3. The minimum Gasteiger partial charge on any atom is -0.497 e. The van der Waals surface area contributed by atoms with Crippen LogP contribution in [-0.4, -0.2) is 47.6 Å². The van der Waals surface area contributed by atoms with Gasteiger partial charge in [-0.2, -0.15) is 0 Å². The molecule has 0 bridgehead atoms. The van der Waals surface area contributed by atoms with Gasteiger partial charge in [-0.25, -0.2) is 4.79 Å². The molecule has 0 spiro atoms. The van der Waals surface area contributed by atoms with Crippen LogP contribution in [0.2, 0.25) is 0 Å². The van der Waals surface area contributed by atoms with Gasteiger partial charge in [-0.05, 0) is 69.4 Å². The first-order valence-corrected chi connectivity index (χ1v) is 12.3. The number of ether oxygens (including phenoxy) is 2. The van der Waals surface area contributed by atoms with Crippen LogP contribution >= 0.6 is 0 Å². The molecule has 8 heteroatoms. The van der Waals surface area contributed by atoms with Crippen LogP contribution in [0, 0.1) is 5.92 Å². The van der Waals surface area contributed by atoms with Gasteiger partial charge in [0.15, 0.2) is 0 Å². The summed E-state index contributed by atoms with van der Waals surface area (Å²) in [6, 6.07) is 14.5. The molecule has 36 heavy (non-hydrogen) atoms. The number of benzene rings is 2. The van der Waals surface area contributed by atoms with Gasteiger partial charge in [-0.3, -0.25) is 9.59 Å². The number of anilines is 1. The Morgan fingerprint density at radius 2 is 1.58 bits per heavy atom. The van der Waals surface area contributed by atoms with Crippen molar-refractivity contribution in [3.8, 4) is 5.75 Å². The lowest BCUT2D eigenvalue weighted by Gasteiger charge is -2.35. The zero-order valence-electron chi connectivity index (χ0n) is 21.9. The molecule has 1 saturated carbocycles. The number of rotatable bonds is 9. The number of nitrogens with one attached hydrogen (secondary N) is 2. The van der Waals surface area contributed by atoms with Gasteiger partial charge in [-0.15, -0.1) is 0 Å². The Morgan fingerprint density at radius 3 is 2.08 bits per heavy atom. The number of carbonyl (C=O) groups excluding carboxylic acids is 3. The van der Waals surface area contributed by atoms with Crippen molar-refractivity contribution in [2.24, 2.45) is 5.92 Å². The Labute approximate surface area is 213 Å². The molecule has 0 aliphatic heterocycles. The standard InChI is InChI=1S/C28H37N3O5/c1-18(2)23(30-27(34)36-28(3,4)5)26(33)31(21-14-15-21)24(19-10-8-7-9-11-19)25(32)29-20-12-16-22(35-6)17-13-20/h7-13,16-18,21,23-24H,14-15H2,1-6H3,(H,29,32)(H,30,34). The average Bonchev–Trinajstić information content (AvgIpc) is 3.65. The summed E-state index contributed by atoms with van der Waals surface area (Å²) in [5.74, 6) is -0.175. The van der Waals surface area contributed by atoms with Crippen molar-refractivity contribution in [2.45, 2.75) is 71.2 Å². The Kier molecular flexibility index (Phi) is 8.61. The zero-order chi connectivity index (χ0) is 26.5. The van der Waals surface area contributed by atoms with Crippen LogP contribution in [0.5, 0.6) is 5.75 Å². The summed E-state index contributed by atoms with van der Waals surface area (Å²) in [6.07, 6.45) is 0.925. The molecule has 0 heterocycles. The second-order valence-corrected chi connectivity index (χ2v) is 10.4. The predicted octanol–water partition coefficient (Wildman–Crippen LogP) is 4.92. The monoisotopic (exact) mass is 495 g/mol. The fourth-order valence-electron chi connectivity index (χ4n) is 3.94. The van der Waals surface area contributed by atoms with Crippen molar-refractivity contribution < 1.29 is 23.9 Å². The summed E-state index contributed by atoms with van der Waals surface area (Å²) in [5.41, 5.74) is 0.594. The van der Waals surface area contributed by atoms with Gasteiger partial charge in [0.25, 0.3) is 5.91 Å². The Bertz CT molecular complexity index is 1040. The van der Waals surface area contributed by atoms with Crippen LogP contribution in [0.1, 0.15) is 59.1 Å². The second kappa shape index (κ2) is 11.5. The number of nitrogens with zero attached hydrogens (tertiary/aromatic N) is 1. The van der Waals surface area contributed by atoms with Crippen LogP contribution in [-0.2, 0) is 14.3 Å². The number of methoxy groups -OCH3 is 1. The number of alkyl carbamates (subject to hydrolysis) is 1. The van der Waals surface area contributed by atoms with Crippen LogP contribution in [0.25, 0.3) is 0 Å². The van der Waals surface area contributed by atoms with Crippen molar-refractivity contribution in [1.82, 2.24) is 10.2 Å². The smallest absolute Gasteiger partial charge is 0.408 e. The molecule has 2 unspecified atom stereocenters. The number of carbonyl (C=O) groups is 3. The lowest BCUT2D eigenvalue weighted by Crippen LogP contribution is -2.55. The first-order valence-electron chi connectivity index (χ1n) is 12.3. The molecule has 2 aromatic rings. The van der Waals surface area contributed by atoms with E-state index in [9.17, 15) is 14.4 Å². The summed E-state index contributed by atoms with van der Waals surface area (Å²) >= 11 is 0. The highest BCUT2D eigenvalue weighted by atomic mass is 16.6. The molecule has 2 atom stereocenters. The zero-order valence-corrected chi connectivity index (χ0v) is 21.9. The van der Waals surface area contributed by atoms with E-state index in [0.29, 0.717) is 17.0 Å². The highest BCUT2D eigenvalue weighted by molar-refractivity contribution is 5.99. The molecule has 1 aliphatic rings. The molecule has 2 N–H and O–H groups in total. The first kappa shape index (κ1) is 27.0. The van der Waals surface area contributed by atoms with E-state index in [4.69, 9.17) is 9.47 Å². The summed E-state index contributed by atoms with van der Waals surface area (Å²) < 4.78 is 10.6. The Balaban J connectivity index is 1.92. The van der Waals surface area contributed by atoms with Crippen molar-refractivity contribution in [2.75, 3.05) is 12.4 Å². The highest BCUT2D eigenvalue weighted by Crippen LogP contribution is 2.36. The molecule has 3 amide bonds. The largest absolute Gasteiger partial charge is 0.497 e. The Hall–Kier alpha value is -3.55. The highest BCUT2D eigenvalue weighted by Gasteiger charge is 2.44. The number of hydrogen-bond donors (Lipinski definition) is 2. The lowest BCUT2D eigenvalue weighted by molar-refractivity contribution is -0.142. The molecular weight excluding hydrogens is 458 g/mol. The molecule has 1 fully saturated rings. The molecule has 8 nitrogen and oxygen atoms in total. The van der Waals surface area contributed by atoms with Crippen molar-refractivity contribution in [3.05, 3.63) is 60.2 Å². The molecule has 1 aliphatic carbocycles. The second-order valence-electron chi connectivity index (χ2n) is 10.4. The third-order valence-corrected chi connectivity index (χ3v) is 5.80. The van der Waals surface area contributed by atoms with Crippen LogP contribution < -0.4 is 15.4 Å². The normalized spacial score (nSPS) is 15.0. The fraction of sp³-hybridized carbons (Fsp3) is 0.464. The van der Waals surface area contributed by atoms with Crippen molar-refractivity contribution >= 4 is 23.6 Å².